The van der Waals surface area contributed by atoms with Crippen LogP contribution in [0.4, 0.5) is 20.0 Å². The van der Waals surface area contributed by atoms with E-state index in [1.807, 2.05) is 0 Å². The van der Waals surface area contributed by atoms with E-state index >= 15 is 0 Å². The van der Waals surface area contributed by atoms with Crippen LogP contribution in [0.2, 0.25) is 0 Å². The second-order valence-electron chi connectivity index (χ2n) is 4.21. The van der Waals surface area contributed by atoms with Crippen molar-refractivity contribution in [3.05, 3.63) is 48.3 Å². The SMILES string of the molecule is Nc1ccc(OC(=O)Nc2nc3ccc(F)cc3s2)cc1. The Hall–Kier alpha value is -2.67. The molecule has 3 N–H and O–H groups in total. The predicted octanol–water partition coefficient (Wildman–Crippen LogP) is 3.63. The molecule has 2 aromatic carbocycles. The molecule has 0 aliphatic heterocycles. The average Bonchev–Trinajstić information content (AvgIpc) is 2.82. The summed E-state index contributed by atoms with van der Waals surface area (Å²) < 4.78 is 18.8. The van der Waals surface area contributed by atoms with Gasteiger partial charge in [-0.3, -0.25) is 5.32 Å². The summed E-state index contributed by atoms with van der Waals surface area (Å²) in [5.41, 5.74) is 6.74. The van der Waals surface area contributed by atoms with Gasteiger partial charge in [0.05, 0.1) is 10.2 Å². The van der Waals surface area contributed by atoms with Crippen LogP contribution < -0.4 is 15.8 Å². The van der Waals surface area contributed by atoms with Gasteiger partial charge in [0.1, 0.15) is 11.6 Å². The molecular weight excluding hydrogens is 293 g/mol. The molecule has 5 nitrogen and oxygen atoms in total. The minimum atomic E-state index is -0.667. The van der Waals surface area contributed by atoms with Crippen LogP contribution in [0.1, 0.15) is 0 Å². The fourth-order valence-electron chi connectivity index (χ4n) is 1.71. The van der Waals surface area contributed by atoms with E-state index in [4.69, 9.17) is 10.5 Å². The van der Waals surface area contributed by atoms with Crippen molar-refractivity contribution in [2.45, 2.75) is 0 Å². The number of thiazole rings is 1. The molecule has 1 heterocycles. The van der Waals surface area contributed by atoms with Gasteiger partial charge in [0.25, 0.3) is 0 Å². The van der Waals surface area contributed by atoms with E-state index in [1.165, 1.54) is 23.5 Å². The largest absolute Gasteiger partial charge is 0.418 e. The van der Waals surface area contributed by atoms with Crippen LogP contribution >= 0.6 is 11.3 Å². The maximum Gasteiger partial charge on any atom is 0.418 e. The summed E-state index contributed by atoms with van der Waals surface area (Å²) in [4.78, 5) is 15.9. The summed E-state index contributed by atoms with van der Waals surface area (Å²) in [7, 11) is 0. The third kappa shape index (κ3) is 3.09. The summed E-state index contributed by atoms with van der Waals surface area (Å²) in [5, 5.41) is 2.85. The number of aromatic nitrogens is 1. The monoisotopic (exact) mass is 303 g/mol. The van der Waals surface area contributed by atoms with Gasteiger partial charge in [0, 0.05) is 5.69 Å². The number of nitrogen functional groups attached to an aromatic ring is 1. The normalized spacial score (nSPS) is 10.5. The standard InChI is InChI=1S/C14H10FN3O2S/c15-8-1-6-11-12(7-8)21-13(17-11)18-14(19)20-10-4-2-9(16)3-5-10/h1-7H,16H2,(H,17,18,19). The van der Waals surface area contributed by atoms with Crippen molar-refractivity contribution in [3.8, 4) is 5.75 Å². The number of nitrogens with zero attached hydrogens (tertiary/aromatic N) is 1. The number of halogens is 1. The number of rotatable bonds is 2. The Labute approximate surface area is 123 Å². The number of fused-ring (bicyclic) bond motifs is 1. The summed E-state index contributed by atoms with van der Waals surface area (Å²) in [6.45, 7) is 0. The lowest BCUT2D eigenvalue weighted by atomic mass is 10.3. The van der Waals surface area contributed by atoms with Crippen molar-refractivity contribution in [2.24, 2.45) is 0 Å². The minimum Gasteiger partial charge on any atom is -0.410 e. The van der Waals surface area contributed by atoms with Gasteiger partial charge in [-0.15, -0.1) is 0 Å². The van der Waals surface area contributed by atoms with Crippen LogP contribution in [0.5, 0.6) is 5.75 Å². The molecule has 7 heteroatoms. The summed E-state index contributed by atoms with van der Waals surface area (Å²) in [5.74, 6) is 0.0241. The second kappa shape index (κ2) is 5.37. The molecule has 106 valence electrons. The lowest BCUT2D eigenvalue weighted by Gasteiger charge is -2.04. The molecule has 0 radical (unpaired) electrons. The Bertz CT molecular complexity index is 802. The molecule has 0 aliphatic rings. The van der Waals surface area contributed by atoms with E-state index in [1.54, 1.807) is 30.3 Å². The maximum atomic E-state index is 13.1. The van der Waals surface area contributed by atoms with E-state index in [9.17, 15) is 9.18 Å². The Morgan fingerprint density at radius 3 is 2.76 bits per heavy atom. The van der Waals surface area contributed by atoms with Gasteiger partial charge >= 0.3 is 6.09 Å². The fraction of sp³-hybridized carbons (Fsp3) is 0. The Kier molecular flexibility index (Phi) is 3.41. The van der Waals surface area contributed by atoms with Gasteiger partial charge in [-0.05, 0) is 42.5 Å². The molecule has 0 fully saturated rings. The zero-order valence-electron chi connectivity index (χ0n) is 10.7. The third-order valence-electron chi connectivity index (χ3n) is 2.65. The van der Waals surface area contributed by atoms with E-state index in [-0.39, 0.29) is 5.82 Å². The molecule has 3 aromatic rings. The van der Waals surface area contributed by atoms with Crippen LogP contribution in [-0.4, -0.2) is 11.1 Å². The molecule has 0 atom stereocenters. The number of anilines is 2. The van der Waals surface area contributed by atoms with Gasteiger partial charge in [-0.25, -0.2) is 14.2 Å². The van der Waals surface area contributed by atoms with Crippen molar-refractivity contribution < 1.29 is 13.9 Å². The molecule has 3 rings (SSSR count). The zero-order valence-corrected chi connectivity index (χ0v) is 11.5. The lowest BCUT2D eigenvalue weighted by molar-refractivity contribution is 0.215. The Morgan fingerprint density at radius 1 is 1.24 bits per heavy atom. The Morgan fingerprint density at radius 2 is 2.00 bits per heavy atom. The molecule has 0 unspecified atom stereocenters. The highest BCUT2D eigenvalue weighted by Gasteiger charge is 2.10. The molecule has 0 saturated carbocycles. The van der Waals surface area contributed by atoms with Crippen molar-refractivity contribution in [1.29, 1.82) is 0 Å². The molecule has 0 bridgehead atoms. The van der Waals surface area contributed by atoms with Gasteiger partial charge in [0.2, 0.25) is 0 Å². The van der Waals surface area contributed by atoms with Crippen LogP contribution in [0.25, 0.3) is 10.2 Å². The molecular formula is C14H10FN3O2S. The quantitative estimate of drug-likeness (QED) is 0.709. The lowest BCUT2D eigenvalue weighted by Crippen LogP contribution is -2.16. The van der Waals surface area contributed by atoms with Gasteiger partial charge < -0.3 is 10.5 Å². The van der Waals surface area contributed by atoms with Crippen LogP contribution in [0, 0.1) is 5.82 Å². The number of hydrogen-bond donors (Lipinski definition) is 2. The van der Waals surface area contributed by atoms with E-state index in [2.05, 4.69) is 10.3 Å². The highest BCUT2D eigenvalue weighted by Crippen LogP contribution is 2.26. The van der Waals surface area contributed by atoms with Crippen LogP contribution in [-0.2, 0) is 0 Å². The molecule has 1 aromatic heterocycles. The fourth-order valence-corrected chi connectivity index (χ4v) is 2.58. The smallest absolute Gasteiger partial charge is 0.410 e. The molecule has 0 spiro atoms. The highest BCUT2D eigenvalue weighted by atomic mass is 32.1. The summed E-state index contributed by atoms with van der Waals surface area (Å²) >= 11 is 1.17. The number of ether oxygens (including phenoxy) is 1. The average molecular weight is 303 g/mol. The molecule has 21 heavy (non-hydrogen) atoms. The van der Waals surface area contributed by atoms with E-state index in [0.717, 1.165) is 0 Å². The van der Waals surface area contributed by atoms with Crippen molar-refractivity contribution in [1.82, 2.24) is 4.98 Å². The van der Waals surface area contributed by atoms with Crippen molar-refractivity contribution >= 4 is 38.5 Å². The van der Waals surface area contributed by atoms with Crippen LogP contribution in [0.15, 0.2) is 42.5 Å². The van der Waals surface area contributed by atoms with Crippen molar-refractivity contribution in [3.63, 3.8) is 0 Å². The minimum absolute atomic E-state index is 0.344. The number of nitrogens with two attached hydrogens (primary N) is 1. The van der Waals surface area contributed by atoms with Gasteiger partial charge in [-0.1, -0.05) is 11.3 Å². The van der Waals surface area contributed by atoms with E-state index < -0.39 is 6.09 Å². The molecule has 0 saturated heterocycles. The van der Waals surface area contributed by atoms with Crippen LogP contribution in [0.3, 0.4) is 0 Å². The number of amides is 1. The maximum absolute atomic E-state index is 13.1. The van der Waals surface area contributed by atoms with Crippen molar-refractivity contribution in [2.75, 3.05) is 11.1 Å². The number of carbonyl (C=O) groups excluding carboxylic acids is 1. The van der Waals surface area contributed by atoms with Gasteiger partial charge in [-0.2, -0.15) is 0 Å². The second-order valence-corrected chi connectivity index (χ2v) is 5.25. The summed E-state index contributed by atoms with van der Waals surface area (Å²) in [6, 6.07) is 10.7. The Balaban J connectivity index is 1.72. The zero-order chi connectivity index (χ0) is 14.8. The number of hydrogen-bond acceptors (Lipinski definition) is 5. The predicted molar refractivity (Wildman–Crippen MR) is 80.1 cm³/mol. The topological polar surface area (TPSA) is 77.2 Å². The highest BCUT2D eigenvalue weighted by molar-refractivity contribution is 7.22. The van der Waals surface area contributed by atoms with E-state index in [0.29, 0.717) is 26.8 Å². The number of nitrogens with one attached hydrogen (secondary N) is 1. The first-order valence-corrected chi connectivity index (χ1v) is 6.82. The first-order chi connectivity index (χ1) is 10.1. The molecule has 1 amide bonds. The number of carbonyl (C=O) groups is 1. The number of benzene rings is 2. The van der Waals surface area contributed by atoms with Gasteiger partial charge in [0.15, 0.2) is 5.13 Å². The first-order valence-electron chi connectivity index (χ1n) is 6.00. The summed E-state index contributed by atoms with van der Waals surface area (Å²) in [6.07, 6.45) is -0.667. The third-order valence-corrected chi connectivity index (χ3v) is 3.58. The molecule has 0 aliphatic carbocycles. The first kappa shape index (κ1) is 13.3.